The van der Waals surface area contributed by atoms with E-state index in [0.717, 1.165) is 64.9 Å². The number of carbonyl (C=O) groups excluding carboxylic acids is 1. The molecular formula is C16H29NO4. The van der Waals surface area contributed by atoms with Crippen LogP contribution >= 0.6 is 0 Å². The van der Waals surface area contributed by atoms with Crippen molar-refractivity contribution < 1.29 is 19.0 Å². The van der Waals surface area contributed by atoms with Gasteiger partial charge in [-0.3, -0.25) is 4.79 Å². The first kappa shape index (κ1) is 16.7. The van der Waals surface area contributed by atoms with Crippen LogP contribution < -0.4 is 5.32 Å². The fraction of sp³-hybridized carbons (Fsp3) is 0.938. The summed E-state index contributed by atoms with van der Waals surface area (Å²) in [5, 5.41) is 3.40. The van der Waals surface area contributed by atoms with Gasteiger partial charge in [-0.2, -0.15) is 0 Å². The smallest absolute Gasteiger partial charge is 0.326 e. The van der Waals surface area contributed by atoms with Gasteiger partial charge >= 0.3 is 5.97 Å². The highest BCUT2D eigenvalue weighted by Crippen LogP contribution is 2.39. The molecule has 0 radical (unpaired) electrons. The average molecular weight is 299 g/mol. The van der Waals surface area contributed by atoms with Gasteiger partial charge < -0.3 is 19.5 Å². The van der Waals surface area contributed by atoms with Crippen LogP contribution in [0.3, 0.4) is 0 Å². The lowest BCUT2D eigenvalue weighted by atomic mass is 9.84. The van der Waals surface area contributed by atoms with Crippen molar-refractivity contribution in [3.63, 3.8) is 0 Å². The van der Waals surface area contributed by atoms with E-state index < -0.39 is 5.54 Å². The molecule has 1 aliphatic heterocycles. The monoisotopic (exact) mass is 299 g/mol. The van der Waals surface area contributed by atoms with Crippen LogP contribution in [0.15, 0.2) is 0 Å². The Kier molecular flexibility index (Phi) is 6.45. The summed E-state index contributed by atoms with van der Waals surface area (Å²) in [5.41, 5.74) is -0.497. The maximum absolute atomic E-state index is 12.3. The van der Waals surface area contributed by atoms with Gasteiger partial charge in [0.15, 0.2) is 0 Å². The number of methoxy groups -OCH3 is 1. The van der Waals surface area contributed by atoms with E-state index in [9.17, 15) is 4.79 Å². The molecule has 0 aromatic rings. The highest BCUT2D eigenvalue weighted by molar-refractivity contribution is 5.81. The number of hydrogen-bond donors (Lipinski definition) is 1. The minimum Gasteiger partial charge on any atom is -0.468 e. The molecule has 0 spiro atoms. The standard InChI is InChI=1S/C16H29NO4/c1-3-17-16(15(18)19-2)9-4-5-13(16)6-12-21-14-7-10-20-11-8-14/h13-14,17H,3-12H2,1-2H3. The van der Waals surface area contributed by atoms with Crippen molar-refractivity contribution in [1.82, 2.24) is 5.32 Å². The lowest BCUT2D eigenvalue weighted by Gasteiger charge is -2.34. The summed E-state index contributed by atoms with van der Waals surface area (Å²) in [4.78, 5) is 12.3. The summed E-state index contributed by atoms with van der Waals surface area (Å²) in [6, 6.07) is 0. The van der Waals surface area contributed by atoms with Crippen molar-refractivity contribution >= 4 is 5.97 Å². The Balaban J connectivity index is 1.86. The largest absolute Gasteiger partial charge is 0.468 e. The Morgan fingerprint density at radius 2 is 2.10 bits per heavy atom. The highest BCUT2D eigenvalue weighted by Gasteiger charge is 2.48. The van der Waals surface area contributed by atoms with Gasteiger partial charge in [0.25, 0.3) is 0 Å². The number of nitrogens with one attached hydrogen (secondary N) is 1. The molecule has 5 nitrogen and oxygen atoms in total. The quantitative estimate of drug-likeness (QED) is 0.728. The van der Waals surface area contributed by atoms with Gasteiger partial charge in [0.1, 0.15) is 5.54 Å². The molecule has 5 heteroatoms. The van der Waals surface area contributed by atoms with E-state index >= 15 is 0 Å². The molecule has 2 unspecified atom stereocenters. The lowest BCUT2D eigenvalue weighted by molar-refractivity contribution is -0.150. The van der Waals surface area contributed by atoms with Crippen LogP contribution in [0.4, 0.5) is 0 Å². The summed E-state index contributed by atoms with van der Waals surface area (Å²) < 4.78 is 16.4. The normalized spacial score (nSPS) is 30.5. The fourth-order valence-corrected chi connectivity index (χ4v) is 3.76. The van der Waals surface area contributed by atoms with E-state index in [-0.39, 0.29) is 5.97 Å². The van der Waals surface area contributed by atoms with Gasteiger partial charge in [0.05, 0.1) is 13.2 Å². The predicted octanol–water partition coefficient (Wildman–Crippen LogP) is 1.89. The van der Waals surface area contributed by atoms with Crippen LogP contribution in [0.2, 0.25) is 0 Å². The van der Waals surface area contributed by atoms with E-state index in [4.69, 9.17) is 14.2 Å². The Bertz CT molecular complexity index is 330. The van der Waals surface area contributed by atoms with Crippen molar-refractivity contribution in [2.45, 2.75) is 57.1 Å². The van der Waals surface area contributed by atoms with Crippen LogP contribution in [0, 0.1) is 5.92 Å². The zero-order valence-electron chi connectivity index (χ0n) is 13.4. The topological polar surface area (TPSA) is 56.8 Å². The molecule has 1 saturated carbocycles. The van der Waals surface area contributed by atoms with Crippen LogP contribution in [-0.4, -0.2) is 51.1 Å². The molecule has 2 fully saturated rings. The summed E-state index contributed by atoms with van der Waals surface area (Å²) in [5.74, 6) is 0.197. The van der Waals surface area contributed by atoms with Crippen LogP contribution in [0.1, 0.15) is 45.4 Å². The van der Waals surface area contributed by atoms with Crippen molar-refractivity contribution in [3.8, 4) is 0 Å². The van der Waals surface area contributed by atoms with Gasteiger partial charge in [0.2, 0.25) is 0 Å². The Hall–Kier alpha value is -0.650. The number of likely N-dealkylation sites (N-methyl/N-ethyl adjacent to an activating group) is 1. The zero-order chi connectivity index (χ0) is 15.1. The third kappa shape index (κ3) is 3.96. The maximum atomic E-state index is 12.3. The minimum absolute atomic E-state index is 0.113. The molecule has 0 aromatic carbocycles. The molecule has 1 heterocycles. The number of rotatable bonds is 7. The maximum Gasteiger partial charge on any atom is 0.326 e. The first-order chi connectivity index (χ1) is 10.2. The SMILES string of the molecule is CCNC1(C(=O)OC)CCCC1CCOC1CCOCC1. The van der Waals surface area contributed by atoms with Gasteiger partial charge in [-0.25, -0.2) is 0 Å². The molecular weight excluding hydrogens is 270 g/mol. The van der Waals surface area contributed by atoms with E-state index in [1.54, 1.807) is 0 Å². The zero-order valence-corrected chi connectivity index (χ0v) is 13.4. The Labute approximate surface area is 127 Å². The average Bonchev–Trinajstić information content (AvgIpc) is 2.92. The Morgan fingerprint density at radius 1 is 1.33 bits per heavy atom. The molecule has 1 N–H and O–H groups in total. The molecule has 0 aromatic heterocycles. The van der Waals surface area contributed by atoms with Crippen molar-refractivity contribution in [2.24, 2.45) is 5.92 Å². The molecule has 2 aliphatic rings. The minimum atomic E-state index is -0.497. The first-order valence-corrected chi connectivity index (χ1v) is 8.25. The molecule has 122 valence electrons. The third-order valence-corrected chi connectivity index (χ3v) is 4.85. The second-order valence-electron chi connectivity index (χ2n) is 6.05. The molecule has 0 amide bonds. The number of esters is 1. The van der Waals surface area contributed by atoms with Gasteiger partial charge in [-0.15, -0.1) is 0 Å². The van der Waals surface area contributed by atoms with E-state index in [1.165, 1.54) is 7.11 Å². The highest BCUT2D eigenvalue weighted by atomic mass is 16.5. The third-order valence-electron chi connectivity index (χ3n) is 4.85. The lowest BCUT2D eigenvalue weighted by Crippen LogP contribution is -2.55. The number of carbonyl (C=O) groups is 1. The van der Waals surface area contributed by atoms with Crippen LogP contribution in [0.5, 0.6) is 0 Å². The first-order valence-electron chi connectivity index (χ1n) is 8.25. The second-order valence-corrected chi connectivity index (χ2v) is 6.05. The van der Waals surface area contributed by atoms with Gasteiger partial charge in [0, 0.05) is 19.8 Å². The number of hydrogen-bond acceptors (Lipinski definition) is 5. The van der Waals surface area contributed by atoms with Crippen molar-refractivity contribution in [3.05, 3.63) is 0 Å². The van der Waals surface area contributed by atoms with Crippen LogP contribution in [0.25, 0.3) is 0 Å². The van der Waals surface area contributed by atoms with Crippen molar-refractivity contribution in [1.29, 1.82) is 0 Å². The number of ether oxygens (including phenoxy) is 3. The van der Waals surface area contributed by atoms with E-state index in [1.807, 2.05) is 6.92 Å². The predicted molar refractivity (Wildman–Crippen MR) is 80.2 cm³/mol. The molecule has 2 rings (SSSR count). The second kappa shape index (κ2) is 8.11. The van der Waals surface area contributed by atoms with Crippen molar-refractivity contribution in [2.75, 3.05) is 33.5 Å². The summed E-state index contributed by atoms with van der Waals surface area (Å²) in [6.07, 6.45) is 6.23. The molecule has 21 heavy (non-hydrogen) atoms. The van der Waals surface area contributed by atoms with Crippen LogP contribution in [-0.2, 0) is 19.0 Å². The molecule has 0 bridgehead atoms. The molecule has 1 aliphatic carbocycles. The summed E-state index contributed by atoms with van der Waals surface area (Å²) in [6.45, 7) is 5.15. The molecule has 1 saturated heterocycles. The fourth-order valence-electron chi connectivity index (χ4n) is 3.76. The molecule has 2 atom stereocenters. The van der Waals surface area contributed by atoms with Gasteiger partial charge in [-0.05, 0) is 44.6 Å². The Morgan fingerprint density at radius 3 is 2.76 bits per heavy atom. The summed E-state index contributed by atoms with van der Waals surface area (Å²) >= 11 is 0. The van der Waals surface area contributed by atoms with E-state index in [2.05, 4.69) is 5.32 Å². The van der Waals surface area contributed by atoms with E-state index in [0.29, 0.717) is 12.0 Å². The summed E-state index contributed by atoms with van der Waals surface area (Å²) in [7, 11) is 1.48. The van der Waals surface area contributed by atoms with Gasteiger partial charge in [-0.1, -0.05) is 13.3 Å².